The van der Waals surface area contributed by atoms with Crippen LogP contribution in [0.5, 0.6) is 0 Å². The number of nitrogens with zero attached hydrogens (tertiary/aromatic N) is 1. The summed E-state index contributed by atoms with van der Waals surface area (Å²) in [5.74, 6) is -0.948. The van der Waals surface area contributed by atoms with Crippen molar-refractivity contribution >= 4 is 17.8 Å². The summed E-state index contributed by atoms with van der Waals surface area (Å²) < 4.78 is 0. The number of carbonyl (C=O) groups excluding carboxylic acids is 3. The fourth-order valence-corrected chi connectivity index (χ4v) is 2.15. The van der Waals surface area contributed by atoms with E-state index in [1.54, 1.807) is 0 Å². The molecule has 5 heteroatoms. The van der Waals surface area contributed by atoms with Crippen molar-refractivity contribution in [3.05, 3.63) is 35.9 Å². The first-order valence-corrected chi connectivity index (χ1v) is 6.27. The topological polar surface area (TPSA) is 66.5 Å². The molecule has 1 saturated heterocycles. The molecule has 100 valence electrons. The number of amides is 4. The maximum atomic E-state index is 11.7. The fraction of sp³-hybridized carbons (Fsp3) is 0.357. The summed E-state index contributed by atoms with van der Waals surface area (Å²) in [6.45, 7) is 1.82. The molecule has 1 heterocycles. The lowest BCUT2D eigenvalue weighted by atomic mass is 10.0. The van der Waals surface area contributed by atoms with Crippen LogP contribution in [0, 0.1) is 0 Å². The quantitative estimate of drug-likeness (QED) is 0.834. The van der Waals surface area contributed by atoms with Crippen molar-refractivity contribution in [2.75, 3.05) is 0 Å². The van der Waals surface area contributed by atoms with Crippen LogP contribution in [-0.2, 0) is 16.0 Å². The number of imide groups is 2. The summed E-state index contributed by atoms with van der Waals surface area (Å²) in [7, 11) is 0. The number of barbiturate groups is 1. The standard InChI is InChI=1S/C14H16N2O3/c1-10(7-8-11-5-3-2-4-6-11)16-13(18)9-12(17)15-14(16)19/h2-6,10H,7-9H2,1H3,(H,15,17,19). The van der Waals surface area contributed by atoms with Crippen molar-refractivity contribution in [2.24, 2.45) is 0 Å². The van der Waals surface area contributed by atoms with Gasteiger partial charge in [0.2, 0.25) is 11.8 Å². The highest BCUT2D eigenvalue weighted by Gasteiger charge is 2.33. The van der Waals surface area contributed by atoms with E-state index in [2.05, 4.69) is 5.32 Å². The third kappa shape index (κ3) is 3.19. The van der Waals surface area contributed by atoms with Gasteiger partial charge in [-0.2, -0.15) is 0 Å². The molecule has 0 aliphatic carbocycles. The molecule has 1 fully saturated rings. The van der Waals surface area contributed by atoms with Crippen molar-refractivity contribution in [3.8, 4) is 0 Å². The predicted octanol–water partition coefficient (Wildman–Crippen LogP) is 1.48. The summed E-state index contributed by atoms with van der Waals surface area (Å²) in [4.78, 5) is 35.5. The van der Waals surface area contributed by atoms with E-state index >= 15 is 0 Å². The molecule has 0 spiro atoms. The summed E-state index contributed by atoms with van der Waals surface area (Å²) >= 11 is 0. The summed E-state index contributed by atoms with van der Waals surface area (Å²) in [6, 6.07) is 9.04. The largest absolute Gasteiger partial charge is 0.331 e. The van der Waals surface area contributed by atoms with E-state index in [0.717, 1.165) is 16.9 Å². The van der Waals surface area contributed by atoms with Crippen LogP contribution < -0.4 is 5.32 Å². The van der Waals surface area contributed by atoms with Crippen molar-refractivity contribution in [1.29, 1.82) is 0 Å². The normalized spacial score (nSPS) is 17.3. The van der Waals surface area contributed by atoms with E-state index in [-0.39, 0.29) is 12.5 Å². The molecule has 0 bridgehead atoms. The summed E-state index contributed by atoms with van der Waals surface area (Å²) in [5, 5.41) is 2.17. The minimum atomic E-state index is -0.609. The first kappa shape index (κ1) is 13.3. The fourth-order valence-electron chi connectivity index (χ4n) is 2.15. The van der Waals surface area contributed by atoms with E-state index in [4.69, 9.17) is 0 Å². The second kappa shape index (κ2) is 5.65. The molecular weight excluding hydrogens is 244 g/mol. The molecule has 0 saturated carbocycles. The van der Waals surface area contributed by atoms with Gasteiger partial charge in [0.25, 0.3) is 0 Å². The van der Waals surface area contributed by atoms with Crippen molar-refractivity contribution < 1.29 is 14.4 Å². The highest BCUT2D eigenvalue weighted by molar-refractivity contribution is 6.14. The van der Waals surface area contributed by atoms with Gasteiger partial charge in [-0.3, -0.25) is 19.8 Å². The Kier molecular flexibility index (Phi) is 3.94. The lowest BCUT2D eigenvalue weighted by molar-refractivity contribution is -0.137. The Morgan fingerprint density at radius 1 is 1.21 bits per heavy atom. The number of hydrogen-bond donors (Lipinski definition) is 1. The van der Waals surface area contributed by atoms with Crippen LogP contribution in [0.25, 0.3) is 0 Å². The molecule has 1 unspecified atom stereocenters. The monoisotopic (exact) mass is 260 g/mol. The Labute approximate surface area is 111 Å². The Hall–Kier alpha value is -2.17. The molecule has 1 aromatic carbocycles. The molecule has 1 N–H and O–H groups in total. The number of urea groups is 1. The lowest BCUT2D eigenvalue weighted by Crippen LogP contribution is -2.55. The molecule has 5 nitrogen and oxygen atoms in total. The van der Waals surface area contributed by atoms with Gasteiger partial charge in [-0.25, -0.2) is 4.79 Å². The van der Waals surface area contributed by atoms with Gasteiger partial charge in [0, 0.05) is 6.04 Å². The first-order chi connectivity index (χ1) is 9.08. The number of benzene rings is 1. The second-order valence-electron chi connectivity index (χ2n) is 4.67. The molecule has 19 heavy (non-hydrogen) atoms. The van der Waals surface area contributed by atoms with Gasteiger partial charge in [-0.15, -0.1) is 0 Å². The van der Waals surface area contributed by atoms with E-state index in [1.807, 2.05) is 37.3 Å². The number of aryl methyl sites for hydroxylation is 1. The lowest BCUT2D eigenvalue weighted by Gasteiger charge is -2.30. The zero-order valence-corrected chi connectivity index (χ0v) is 10.8. The number of rotatable bonds is 4. The molecular formula is C14H16N2O3. The van der Waals surface area contributed by atoms with E-state index in [1.165, 1.54) is 0 Å². The smallest absolute Gasteiger partial charge is 0.277 e. The second-order valence-corrected chi connectivity index (χ2v) is 4.67. The number of carbonyl (C=O) groups is 3. The first-order valence-electron chi connectivity index (χ1n) is 6.27. The van der Waals surface area contributed by atoms with Crippen LogP contribution in [0.3, 0.4) is 0 Å². The van der Waals surface area contributed by atoms with Crippen LogP contribution in [0.1, 0.15) is 25.3 Å². The molecule has 0 radical (unpaired) electrons. The van der Waals surface area contributed by atoms with Crippen molar-refractivity contribution in [2.45, 2.75) is 32.2 Å². The van der Waals surface area contributed by atoms with Gasteiger partial charge < -0.3 is 0 Å². The van der Waals surface area contributed by atoms with Gasteiger partial charge in [-0.1, -0.05) is 30.3 Å². The minimum absolute atomic E-state index is 0.221. The Morgan fingerprint density at radius 2 is 1.89 bits per heavy atom. The van der Waals surface area contributed by atoms with Gasteiger partial charge in [-0.05, 0) is 25.3 Å². The Balaban J connectivity index is 1.96. The molecule has 2 rings (SSSR count). The average Bonchev–Trinajstić information content (AvgIpc) is 2.36. The van der Waals surface area contributed by atoms with Gasteiger partial charge in [0.05, 0.1) is 0 Å². The van der Waals surface area contributed by atoms with Gasteiger partial charge in [0.15, 0.2) is 0 Å². The van der Waals surface area contributed by atoms with Gasteiger partial charge in [0.1, 0.15) is 6.42 Å². The van der Waals surface area contributed by atoms with Crippen molar-refractivity contribution in [3.63, 3.8) is 0 Å². The van der Waals surface area contributed by atoms with Crippen LogP contribution in [0.4, 0.5) is 4.79 Å². The van der Waals surface area contributed by atoms with Crippen LogP contribution in [0.2, 0.25) is 0 Å². The number of hydrogen-bond acceptors (Lipinski definition) is 3. The maximum Gasteiger partial charge on any atom is 0.331 e. The van der Waals surface area contributed by atoms with E-state index in [9.17, 15) is 14.4 Å². The zero-order chi connectivity index (χ0) is 13.8. The van der Waals surface area contributed by atoms with Crippen molar-refractivity contribution in [1.82, 2.24) is 10.2 Å². The Bertz CT molecular complexity index is 479. The Morgan fingerprint density at radius 3 is 2.53 bits per heavy atom. The zero-order valence-electron chi connectivity index (χ0n) is 10.8. The SMILES string of the molecule is CC(CCc1ccccc1)N1C(=O)CC(=O)NC1=O. The average molecular weight is 260 g/mol. The van der Waals surface area contributed by atoms with E-state index < -0.39 is 17.8 Å². The molecule has 0 aromatic heterocycles. The predicted molar refractivity (Wildman–Crippen MR) is 69.2 cm³/mol. The highest BCUT2D eigenvalue weighted by atomic mass is 16.2. The third-order valence-corrected chi connectivity index (χ3v) is 3.18. The van der Waals surface area contributed by atoms with Crippen LogP contribution in [0.15, 0.2) is 30.3 Å². The molecule has 1 aliphatic heterocycles. The maximum absolute atomic E-state index is 11.7. The molecule has 4 amide bonds. The van der Waals surface area contributed by atoms with Crippen LogP contribution in [-0.4, -0.2) is 28.8 Å². The van der Waals surface area contributed by atoms with Gasteiger partial charge >= 0.3 is 6.03 Å². The highest BCUT2D eigenvalue weighted by Crippen LogP contribution is 2.13. The molecule has 1 aliphatic rings. The summed E-state index contributed by atoms with van der Waals surface area (Å²) in [6.07, 6.45) is 1.21. The van der Waals surface area contributed by atoms with E-state index in [0.29, 0.717) is 6.42 Å². The molecule has 1 aromatic rings. The third-order valence-electron chi connectivity index (χ3n) is 3.18. The number of nitrogens with one attached hydrogen (secondary N) is 1. The molecule has 1 atom stereocenters. The van der Waals surface area contributed by atoms with Crippen LogP contribution >= 0.6 is 0 Å². The summed E-state index contributed by atoms with van der Waals surface area (Å²) in [5.41, 5.74) is 1.16. The minimum Gasteiger partial charge on any atom is -0.277 e.